The maximum atomic E-state index is 12.1. The molecule has 0 fully saturated rings. The van der Waals surface area contributed by atoms with E-state index in [-0.39, 0.29) is 5.78 Å². The summed E-state index contributed by atoms with van der Waals surface area (Å²) in [7, 11) is 0. The van der Waals surface area contributed by atoms with Crippen molar-refractivity contribution in [2.45, 2.75) is 19.8 Å². The number of nitrogens with one attached hydrogen (secondary N) is 1. The van der Waals surface area contributed by atoms with Crippen LogP contribution in [0, 0.1) is 0 Å². The second-order valence-corrected chi connectivity index (χ2v) is 5.99. The number of anilines is 1. The standard InChI is InChI=1S/C19H20BrNO2/c1-2-3-13-23-18-9-7-15(8-10-18)19(22)11-12-21-17-6-4-5-16(20)14-17/h4-12,14,21H,2-3,13H2,1H3. The number of ketones is 1. The summed E-state index contributed by atoms with van der Waals surface area (Å²) in [6.07, 6.45) is 5.31. The normalized spacial score (nSPS) is 10.7. The van der Waals surface area contributed by atoms with E-state index in [9.17, 15) is 4.79 Å². The SMILES string of the molecule is CCCCOc1ccc(C(=O)C=CNc2cccc(Br)c2)cc1. The van der Waals surface area contributed by atoms with Crippen molar-refractivity contribution in [1.29, 1.82) is 0 Å². The van der Waals surface area contributed by atoms with Crippen molar-refractivity contribution in [2.75, 3.05) is 11.9 Å². The molecular weight excluding hydrogens is 354 g/mol. The molecule has 0 amide bonds. The molecule has 0 aliphatic heterocycles. The van der Waals surface area contributed by atoms with E-state index in [1.165, 1.54) is 6.08 Å². The molecule has 0 heterocycles. The fraction of sp³-hybridized carbons (Fsp3) is 0.211. The molecule has 0 saturated carbocycles. The molecule has 0 atom stereocenters. The first-order chi connectivity index (χ1) is 11.2. The topological polar surface area (TPSA) is 38.3 Å². The van der Waals surface area contributed by atoms with Gasteiger partial charge < -0.3 is 10.1 Å². The van der Waals surface area contributed by atoms with Crippen molar-refractivity contribution >= 4 is 27.4 Å². The average molecular weight is 374 g/mol. The molecule has 3 nitrogen and oxygen atoms in total. The molecule has 0 aliphatic carbocycles. The van der Waals surface area contributed by atoms with Crippen molar-refractivity contribution in [3.8, 4) is 5.75 Å². The van der Waals surface area contributed by atoms with E-state index >= 15 is 0 Å². The number of unbranched alkanes of at least 4 members (excludes halogenated alkanes) is 1. The van der Waals surface area contributed by atoms with E-state index in [1.54, 1.807) is 18.3 Å². The number of rotatable bonds is 8. The van der Waals surface area contributed by atoms with Crippen molar-refractivity contribution < 1.29 is 9.53 Å². The summed E-state index contributed by atoms with van der Waals surface area (Å²) >= 11 is 3.41. The predicted octanol–water partition coefficient (Wildman–Crippen LogP) is 5.44. The highest BCUT2D eigenvalue weighted by molar-refractivity contribution is 9.10. The number of hydrogen-bond donors (Lipinski definition) is 1. The van der Waals surface area contributed by atoms with Gasteiger partial charge in [-0.25, -0.2) is 0 Å². The van der Waals surface area contributed by atoms with Crippen LogP contribution in [0.25, 0.3) is 0 Å². The van der Waals surface area contributed by atoms with Gasteiger partial charge in [-0.3, -0.25) is 4.79 Å². The van der Waals surface area contributed by atoms with Crippen LogP contribution in [0.4, 0.5) is 5.69 Å². The number of halogens is 1. The molecular formula is C19H20BrNO2. The zero-order valence-electron chi connectivity index (χ0n) is 13.1. The highest BCUT2D eigenvalue weighted by atomic mass is 79.9. The monoisotopic (exact) mass is 373 g/mol. The highest BCUT2D eigenvalue weighted by Crippen LogP contribution is 2.16. The largest absolute Gasteiger partial charge is 0.494 e. The van der Waals surface area contributed by atoms with Gasteiger partial charge in [-0.1, -0.05) is 35.3 Å². The van der Waals surface area contributed by atoms with Crippen LogP contribution in [0.1, 0.15) is 30.1 Å². The molecule has 4 heteroatoms. The Morgan fingerprint density at radius 2 is 2.00 bits per heavy atom. The molecule has 1 N–H and O–H groups in total. The molecule has 23 heavy (non-hydrogen) atoms. The lowest BCUT2D eigenvalue weighted by molar-refractivity contribution is 0.104. The Morgan fingerprint density at radius 1 is 1.22 bits per heavy atom. The zero-order valence-corrected chi connectivity index (χ0v) is 14.7. The summed E-state index contributed by atoms with van der Waals surface area (Å²) in [6, 6.07) is 15.0. The van der Waals surface area contributed by atoms with Crippen molar-refractivity contribution in [2.24, 2.45) is 0 Å². The van der Waals surface area contributed by atoms with Gasteiger partial charge in [-0.05, 0) is 48.9 Å². The maximum absolute atomic E-state index is 12.1. The van der Waals surface area contributed by atoms with Gasteiger partial charge >= 0.3 is 0 Å². The lowest BCUT2D eigenvalue weighted by Gasteiger charge is -2.05. The Bertz CT molecular complexity index is 665. The van der Waals surface area contributed by atoms with Gasteiger partial charge in [0.1, 0.15) is 5.75 Å². The van der Waals surface area contributed by atoms with E-state index in [4.69, 9.17) is 4.74 Å². The molecule has 120 valence electrons. The van der Waals surface area contributed by atoms with E-state index in [0.29, 0.717) is 12.2 Å². The molecule has 2 aromatic rings. The van der Waals surface area contributed by atoms with Gasteiger partial charge in [-0.15, -0.1) is 0 Å². The maximum Gasteiger partial charge on any atom is 0.187 e. The summed E-state index contributed by atoms with van der Waals surface area (Å²) in [6.45, 7) is 2.83. The minimum Gasteiger partial charge on any atom is -0.494 e. The van der Waals surface area contributed by atoms with Gasteiger partial charge in [0.05, 0.1) is 6.61 Å². The molecule has 0 radical (unpaired) electrons. The highest BCUT2D eigenvalue weighted by Gasteiger charge is 2.02. The van der Waals surface area contributed by atoms with E-state index in [2.05, 4.69) is 28.2 Å². The van der Waals surface area contributed by atoms with Crippen LogP contribution in [-0.4, -0.2) is 12.4 Å². The number of benzene rings is 2. The third-order valence-corrected chi connectivity index (χ3v) is 3.71. The third kappa shape index (κ3) is 5.91. The molecule has 0 bridgehead atoms. The van der Waals surface area contributed by atoms with E-state index < -0.39 is 0 Å². The fourth-order valence-electron chi connectivity index (χ4n) is 1.94. The van der Waals surface area contributed by atoms with E-state index in [0.717, 1.165) is 28.8 Å². The second kappa shape index (κ2) is 9.16. The Hall–Kier alpha value is -2.07. The van der Waals surface area contributed by atoms with Gasteiger partial charge in [0, 0.05) is 28.0 Å². The third-order valence-electron chi connectivity index (χ3n) is 3.21. The number of carbonyl (C=O) groups excluding carboxylic acids is 1. The number of allylic oxidation sites excluding steroid dienone is 1. The second-order valence-electron chi connectivity index (χ2n) is 5.08. The smallest absolute Gasteiger partial charge is 0.187 e. The Morgan fingerprint density at radius 3 is 2.70 bits per heavy atom. The minimum atomic E-state index is -0.0485. The summed E-state index contributed by atoms with van der Waals surface area (Å²) in [4.78, 5) is 12.1. The van der Waals surface area contributed by atoms with Crippen LogP contribution in [0.15, 0.2) is 65.3 Å². The number of hydrogen-bond acceptors (Lipinski definition) is 3. The van der Waals surface area contributed by atoms with Crippen LogP contribution in [-0.2, 0) is 0 Å². The van der Waals surface area contributed by atoms with Crippen LogP contribution in [0.5, 0.6) is 5.75 Å². The molecule has 0 unspecified atom stereocenters. The number of carbonyl (C=O) groups is 1. The summed E-state index contributed by atoms with van der Waals surface area (Å²) in [5.74, 6) is 0.749. The van der Waals surface area contributed by atoms with Crippen molar-refractivity contribution in [3.05, 3.63) is 70.8 Å². The summed E-state index contributed by atoms with van der Waals surface area (Å²) < 4.78 is 6.57. The van der Waals surface area contributed by atoms with Crippen LogP contribution in [0.3, 0.4) is 0 Å². The molecule has 0 aliphatic rings. The molecule has 0 aromatic heterocycles. The first kappa shape index (κ1) is 17.3. The number of ether oxygens (including phenoxy) is 1. The minimum absolute atomic E-state index is 0.0485. The Balaban J connectivity index is 1.88. The lowest BCUT2D eigenvalue weighted by Crippen LogP contribution is -1.99. The molecule has 0 saturated heterocycles. The molecule has 2 rings (SSSR count). The average Bonchev–Trinajstić information content (AvgIpc) is 2.56. The van der Waals surface area contributed by atoms with Crippen LogP contribution < -0.4 is 10.1 Å². The molecule has 0 spiro atoms. The lowest BCUT2D eigenvalue weighted by atomic mass is 10.1. The first-order valence-corrected chi connectivity index (χ1v) is 8.44. The van der Waals surface area contributed by atoms with Gasteiger partial charge in [0.2, 0.25) is 0 Å². The van der Waals surface area contributed by atoms with Crippen LogP contribution >= 0.6 is 15.9 Å². The zero-order chi connectivity index (χ0) is 16.5. The predicted molar refractivity (Wildman–Crippen MR) is 98.1 cm³/mol. The van der Waals surface area contributed by atoms with Gasteiger partial charge in [0.25, 0.3) is 0 Å². The fourth-order valence-corrected chi connectivity index (χ4v) is 2.34. The van der Waals surface area contributed by atoms with Gasteiger partial charge in [-0.2, -0.15) is 0 Å². The summed E-state index contributed by atoms with van der Waals surface area (Å²) in [5, 5.41) is 3.08. The van der Waals surface area contributed by atoms with Crippen molar-refractivity contribution in [1.82, 2.24) is 0 Å². The van der Waals surface area contributed by atoms with E-state index in [1.807, 2.05) is 36.4 Å². The summed E-state index contributed by atoms with van der Waals surface area (Å²) in [5.41, 5.74) is 1.56. The molecule has 2 aromatic carbocycles. The van der Waals surface area contributed by atoms with Crippen LogP contribution in [0.2, 0.25) is 0 Å². The Labute approximate surface area is 145 Å². The van der Waals surface area contributed by atoms with Crippen molar-refractivity contribution in [3.63, 3.8) is 0 Å². The quantitative estimate of drug-likeness (QED) is 0.380. The van der Waals surface area contributed by atoms with Gasteiger partial charge in [0.15, 0.2) is 5.78 Å². The Kier molecular flexibility index (Phi) is 6.88. The first-order valence-electron chi connectivity index (χ1n) is 7.65.